The van der Waals surface area contributed by atoms with Crippen LogP contribution in [0.4, 0.5) is 0 Å². The van der Waals surface area contributed by atoms with Crippen molar-refractivity contribution in [2.75, 3.05) is 32.1 Å². The second-order valence-corrected chi connectivity index (χ2v) is 6.61. The van der Waals surface area contributed by atoms with Gasteiger partial charge < -0.3 is 28.5 Å². The van der Waals surface area contributed by atoms with Crippen molar-refractivity contribution in [3.05, 3.63) is 0 Å². The van der Waals surface area contributed by atoms with Gasteiger partial charge in [0.05, 0.1) is 27.7 Å². The molecule has 0 spiro atoms. The monoisotopic (exact) mass is 453 g/mol. The summed E-state index contributed by atoms with van der Waals surface area (Å²) in [5.74, 6) is 0. The fourth-order valence-corrected chi connectivity index (χ4v) is 2.28. The Balaban J connectivity index is 0. The summed E-state index contributed by atoms with van der Waals surface area (Å²) in [6.07, 6.45) is 11.5. The number of rotatable bonds is 10. The molecule has 0 aromatic heterocycles. The third kappa shape index (κ3) is 17.8. The summed E-state index contributed by atoms with van der Waals surface area (Å²) in [6.45, 7) is 1.33. The van der Waals surface area contributed by atoms with Crippen LogP contribution in [0.1, 0.15) is 51.4 Å². The topological polar surface area (TPSA) is 0 Å². The number of quaternary nitrogens is 1. The van der Waals surface area contributed by atoms with E-state index >= 15 is 0 Å². The van der Waals surface area contributed by atoms with Crippen LogP contribution in [-0.2, 0) is 0 Å². The molecule has 0 heterocycles. The molecule has 0 aliphatic heterocycles. The summed E-state index contributed by atoms with van der Waals surface area (Å²) in [4.78, 5) is 0. The van der Waals surface area contributed by atoms with Crippen molar-refractivity contribution in [1.29, 1.82) is 0 Å². The lowest BCUT2D eigenvalue weighted by Crippen LogP contribution is -3.00. The number of hydrogen-bond acceptors (Lipinski definition) is 0. The van der Waals surface area contributed by atoms with Gasteiger partial charge >= 0.3 is 0 Å². The standard InChI is InChI=1S/C13H29IN.HI/c1-15(2,3)13-11-9-7-5-4-6-8-10-12-14;/h4-13H2,1-3H3;1H/q+1;/p-1. The molecule has 0 aromatic carbocycles. The average molecular weight is 453 g/mol. The van der Waals surface area contributed by atoms with Crippen molar-refractivity contribution in [3.63, 3.8) is 0 Å². The molecular formula is C13H29I2N. The third-order valence-corrected chi connectivity index (χ3v) is 3.48. The van der Waals surface area contributed by atoms with Crippen LogP contribution in [0.25, 0.3) is 0 Å². The van der Waals surface area contributed by atoms with Gasteiger partial charge in [-0.1, -0.05) is 54.7 Å². The Morgan fingerprint density at radius 1 is 0.688 bits per heavy atom. The summed E-state index contributed by atoms with van der Waals surface area (Å²) in [5.41, 5.74) is 0. The predicted octanol–water partition coefficient (Wildman–Crippen LogP) is 1.25. The molecular weight excluding hydrogens is 424 g/mol. The van der Waals surface area contributed by atoms with E-state index in [1.807, 2.05) is 0 Å². The van der Waals surface area contributed by atoms with Gasteiger partial charge in [-0.2, -0.15) is 0 Å². The van der Waals surface area contributed by atoms with Crippen LogP contribution >= 0.6 is 22.6 Å². The number of halogens is 2. The largest absolute Gasteiger partial charge is 1.00 e. The van der Waals surface area contributed by atoms with Crippen molar-refractivity contribution >= 4 is 22.6 Å². The highest BCUT2D eigenvalue weighted by Crippen LogP contribution is 2.10. The Kier molecular flexibility index (Phi) is 15.9. The molecule has 3 heteroatoms. The fourth-order valence-electron chi connectivity index (χ4n) is 1.74. The maximum Gasteiger partial charge on any atom is 0.0780 e. The van der Waals surface area contributed by atoms with Gasteiger partial charge in [-0.3, -0.25) is 0 Å². The lowest BCUT2D eigenvalue weighted by atomic mass is 10.1. The van der Waals surface area contributed by atoms with Crippen molar-refractivity contribution in [1.82, 2.24) is 0 Å². The Morgan fingerprint density at radius 3 is 1.44 bits per heavy atom. The molecule has 0 N–H and O–H groups in total. The van der Waals surface area contributed by atoms with Gasteiger partial charge in [-0.05, 0) is 23.7 Å². The lowest BCUT2D eigenvalue weighted by Gasteiger charge is -2.23. The van der Waals surface area contributed by atoms with Gasteiger partial charge in [0.25, 0.3) is 0 Å². The molecule has 16 heavy (non-hydrogen) atoms. The quantitative estimate of drug-likeness (QED) is 0.202. The molecule has 0 amide bonds. The third-order valence-electron chi connectivity index (χ3n) is 2.71. The van der Waals surface area contributed by atoms with Crippen LogP contribution in [0.15, 0.2) is 0 Å². The van der Waals surface area contributed by atoms with E-state index in [2.05, 4.69) is 43.7 Å². The zero-order valence-corrected chi connectivity index (χ0v) is 15.6. The van der Waals surface area contributed by atoms with E-state index < -0.39 is 0 Å². The van der Waals surface area contributed by atoms with Gasteiger partial charge in [-0.25, -0.2) is 0 Å². The van der Waals surface area contributed by atoms with E-state index in [-0.39, 0.29) is 24.0 Å². The highest BCUT2D eigenvalue weighted by atomic mass is 127. The van der Waals surface area contributed by atoms with Gasteiger partial charge in [0.15, 0.2) is 0 Å². The van der Waals surface area contributed by atoms with Crippen LogP contribution in [-0.4, -0.2) is 36.6 Å². The van der Waals surface area contributed by atoms with Crippen molar-refractivity contribution in [3.8, 4) is 0 Å². The maximum absolute atomic E-state index is 2.47. The van der Waals surface area contributed by atoms with Crippen molar-refractivity contribution in [2.45, 2.75) is 51.4 Å². The van der Waals surface area contributed by atoms with E-state index in [0.717, 1.165) is 4.48 Å². The first-order valence-corrected chi connectivity index (χ1v) is 7.95. The minimum atomic E-state index is 0. The minimum absolute atomic E-state index is 0. The van der Waals surface area contributed by atoms with E-state index in [4.69, 9.17) is 0 Å². The first-order valence-electron chi connectivity index (χ1n) is 6.43. The van der Waals surface area contributed by atoms with Crippen LogP contribution < -0.4 is 24.0 Å². The molecule has 0 saturated heterocycles. The molecule has 0 radical (unpaired) electrons. The minimum Gasteiger partial charge on any atom is -1.00 e. The molecule has 0 saturated carbocycles. The van der Waals surface area contributed by atoms with Gasteiger partial charge in [0.2, 0.25) is 0 Å². The predicted molar refractivity (Wildman–Crippen MR) is 78.7 cm³/mol. The maximum atomic E-state index is 2.47. The molecule has 1 nitrogen and oxygen atoms in total. The fraction of sp³-hybridized carbons (Fsp3) is 1.00. The second kappa shape index (κ2) is 12.9. The van der Waals surface area contributed by atoms with Crippen LogP contribution in [0, 0.1) is 0 Å². The van der Waals surface area contributed by atoms with E-state index in [1.54, 1.807) is 0 Å². The van der Waals surface area contributed by atoms with Crippen molar-refractivity contribution in [2.24, 2.45) is 0 Å². The molecule has 100 valence electrons. The second-order valence-electron chi connectivity index (χ2n) is 5.53. The smallest absolute Gasteiger partial charge is 0.0780 e. The summed E-state index contributed by atoms with van der Waals surface area (Å²) < 4.78 is 2.46. The SMILES string of the molecule is C[N+](C)(C)CCCCCCCCCCI.[I-]. The lowest BCUT2D eigenvalue weighted by molar-refractivity contribution is -0.870. The van der Waals surface area contributed by atoms with Gasteiger partial charge in [-0.15, -0.1) is 0 Å². The molecule has 0 aliphatic carbocycles. The Hall–Kier alpha value is 1.42. The van der Waals surface area contributed by atoms with E-state index in [1.165, 1.54) is 62.3 Å². The number of nitrogens with zero attached hydrogens (tertiary/aromatic N) is 1. The first kappa shape index (κ1) is 19.8. The number of unbranched alkanes of at least 4 members (excludes halogenated alkanes) is 7. The van der Waals surface area contributed by atoms with Crippen LogP contribution in [0.5, 0.6) is 0 Å². The molecule has 0 fully saturated rings. The van der Waals surface area contributed by atoms with Gasteiger partial charge in [0, 0.05) is 0 Å². The Morgan fingerprint density at radius 2 is 1.06 bits per heavy atom. The molecule has 0 atom stereocenters. The van der Waals surface area contributed by atoms with Crippen LogP contribution in [0.2, 0.25) is 0 Å². The normalized spacial score (nSPS) is 11.2. The highest BCUT2D eigenvalue weighted by Gasteiger charge is 2.04. The summed E-state index contributed by atoms with van der Waals surface area (Å²) in [5, 5.41) is 0. The average Bonchev–Trinajstić information content (AvgIpc) is 2.14. The van der Waals surface area contributed by atoms with Gasteiger partial charge in [0.1, 0.15) is 0 Å². The van der Waals surface area contributed by atoms with E-state index in [0.29, 0.717) is 0 Å². The van der Waals surface area contributed by atoms with E-state index in [9.17, 15) is 0 Å². The van der Waals surface area contributed by atoms with Crippen molar-refractivity contribution < 1.29 is 28.5 Å². The molecule has 0 bridgehead atoms. The van der Waals surface area contributed by atoms with Crippen LogP contribution in [0.3, 0.4) is 0 Å². The Bertz CT molecular complexity index is 132. The highest BCUT2D eigenvalue weighted by molar-refractivity contribution is 14.1. The Labute approximate surface area is 133 Å². The molecule has 0 aromatic rings. The summed E-state index contributed by atoms with van der Waals surface area (Å²) >= 11 is 2.47. The first-order chi connectivity index (χ1) is 7.06. The zero-order valence-electron chi connectivity index (χ0n) is 11.3. The summed E-state index contributed by atoms with van der Waals surface area (Å²) in [6, 6.07) is 0. The molecule has 0 unspecified atom stereocenters. The molecule has 0 aliphatic rings. The number of alkyl halides is 1. The number of hydrogen-bond donors (Lipinski definition) is 0. The summed E-state index contributed by atoms with van der Waals surface area (Å²) in [7, 11) is 6.85. The molecule has 0 rings (SSSR count). The zero-order chi connectivity index (χ0) is 11.6.